The zero-order chi connectivity index (χ0) is 30.4. The summed E-state index contributed by atoms with van der Waals surface area (Å²) in [6.45, 7) is 13.2. The topological polar surface area (TPSA) is 90.3 Å². The van der Waals surface area contributed by atoms with Gasteiger partial charge in [0.05, 0.1) is 46.2 Å². The lowest BCUT2D eigenvalue weighted by Crippen LogP contribution is -2.42. The van der Waals surface area contributed by atoms with Gasteiger partial charge in [0.25, 0.3) is 0 Å². The zero-order valence-corrected chi connectivity index (χ0v) is 26.0. The van der Waals surface area contributed by atoms with E-state index < -0.39 is 0 Å². The van der Waals surface area contributed by atoms with Crippen LogP contribution in [-0.4, -0.2) is 141 Å². The first kappa shape index (κ1) is 32.7. The van der Waals surface area contributed by atoms with Crippen molar-refractivity contribution in [3.63, 3.8) is 0 Å². The SMILES string of the molecule is Oc1ccccc1CN1CCN2CCOCCOCCN(CCOCC2)CCN(Cc2ccccc2O)CC2CC=C(C1)O2. The van der Waals surface area contributed by atoms with Gasteiger partial charge >= 0.3 is 0 Å². The average Bonchev–Trinajstić information content (AvgIpc) is 3.46. The number of rotatable bonds is 4. The average molecular weight is 611 g/mol. The van der Waals surface area contributed by atoms with Gasteiger partial charge in [-0.1, -0.05) is 36.4 Å². The highest BCUT2D eigenvalue weighted by Crippen LogP contribution is 2.24. The Morgan fingerprint density at radius 2 is 1.09 bits per heavy atom. The Morgan fingerprint density at radius 3 is 1.66 bits per heavy atom. The molecule has 5 rings (SSSR count). The maximum Gasteiger partial charge on any atom is 0.120 e. The van der Waals surface area contributed by atoms with E-state index in [1.54, 1.807) is 12.1 Å². The quantitative estimate of drug-likeness (QED) is 0.504. The second kappa shape index (κ2) is 17.7. The normalized spacial score (nSPS) is 26.0. The molecule has 3 aliphatic rings. The number of aromatic hydroxyl groups is 2. The van der Waals surface area contributed by atoms with Gasteiger partial charge < -0.3 is 29.2 Å². The molecule has 0 amide bonds. The smallest absolute Gasteiger partial charge is 0.120 e. The van der Waals surface area contributed by atoms with E-state index in [0.29, 0.717) is 70.8 Å². The van der Waals surface area contributed by atoms with Crippen LogP contribution in [0.1, 0.15) is 17.5 Å². The first-order valence-corrected chi connectivity index (χ1v) is 16.1. The minimum atomic E-state index is 0.0459. The maximum atomic E-state index is 10.5. The van der Waals surface area contributed by atoms with Crippen LogP contribution in [0.15, 0.2) is 60.4 Å². The lowest BCUT2D eigenvalue weighted by molar-refractivity contribution is 0.0306. The molecule has 0 spiro atoms. The third-order valence-corrected chi connectivity index (χ3v) is 8.58. The summed E-state index contributed by atoms with van der Waals surface area (Å²) in [6.07, 6.45) is 3.13. The number of hydrogen-bond acceptors (Lipinski definition) is 10. The van der Waals surface area contributed by atoms with Crippen LogP contribution in [0.3, 0.4) is 0 Å². The van der Waals surface area contributed by atoms with E-state index >= 15 is 0 Å². The van der Waals surface area contributed by atoms with Crippen LogP contribution in [0.5, 0.6) is 11.5 Å². The highest BCUT2D eigenvalue weighted by Gasteiger charge is 2.25. The van der Waals surface area contributed by atoms with Crippen molar-refractivity contribution in [2.45, 2.75) is 25.6 Å². The molecule has 0 aromatic heterocycles. The van der Waals surface area contributed by atoms with Crippen LogP contribution in [-0.2, 0) is 32.0 Å². The van der Waals surface area contributed by atoms with Crippen LogP contribution in [0, 0.1) is 0 Å². The number of phenols is 2. The predicted molar refractivity (Wildman–Crippen MR) is 170 cm³/mol. The monoisotopic (exact) mass is 610 g/mol. The van der Waals surface area contributed by atoms with Crippen molar-refractivity contribution in [1.29, 1.82) is 0 Å². The first-order valence-electron chi connectivity index (χ1n) is 16.1. The van der Waals surface area contributed by atoms with E-state index in [0.717, 1.165) is 82.2 Å². The Hall–Kier alpha value is -2.70. The number of phenolic OH excluding ortho intramolecular Hbond substituents is 2. The van der Waals surface area contributed by atoms with Crippen LogP contribution < -0.4 is 0 Å². The molecular formula is C34H50N4O6. The summed E-state index contributed by atoms with van der Waals surface area (Å²) in [4.78, 5) is 9.57. The van der Waals surface area contributed by atoms with E-state index in [4.69, 9.17) is 18.9 Å². The number of fused-ring (bicyclic) bond motifs is 8. The molecule has 3 heterocycles. The minimum absolute atomic E-state index is 0.0459. The number of hydrogen-bond donors (Lipinski definition) is 2. The highest BCUT2D eigenvalue weighted by molar-refractivity contribution is 5.32. The van der Waals surface area contributed by atoms with Gasteiger partial charge in [-0.25, -0.2) is 0 Å². The van der Waals surface area contributed by atoms with E-state index in [9.17, 15) is 10.2 Å². The zero-order valence-electron chi connectivity index (χ0n) is 26.0. The molecule has 44 heavy (non-hydrogen) atoms. The number of nitrogens with zero attached hydrogens (tertiary/aromatic N) is 4. The molecule has 3 atom stereocenters. The fraction of sp³-hybridized carbons (Fsp3) is 0.588. The minimum Gasteiger partial charge on any atom is -0.508 e. The van der Waals surface area contributed by atoms with Gasteiger partial charge in [-0.05, 0) is 18.2 Å². The summed E-state index contributed by atoms with van der Waals surface area (Å²) < 4.78 is 24.5. The van der Waals surface area contributed by atoms with Gasteiger partial charge in [-0.2, -0.15) is 0 Å². The second-order valence-corrected chi connectivity index (χ2v) is 11.9. The van der Waals surface area contributed by atoms with Gasteiger partial charge in [-0.15, -0.1) is 0 Å². The molecule has 10 heteroatoms. The standard InChI is InChI=1S/C34H50N4O6/c39-33-7-3-1-5-29(33)25-37-13-11-35-15-19-41-20-16-36(18-22-43-24-23-42-21-17-35)12-14-38(26-30-6-2-4-8-34(30)40)28-32-10-9-31(27-37)44-32/h1-9,32,39-40H,10-28H2. The predicted octanol–water partition coefficient (Wildman–Crippen LogP) is 2.76. The number of para-hydroxylation sites is 2. The van der Waals surface area contributed by atoms with Crippen molar-refractivity contribution in [3.05, 3.63) is 71.5 Å². The third-order valence-electron chi connectivity index (χ3n) is 8.58. The van der Waals surface area contributed by atoms with Crippen molar-refractivity contribution >= 4 is 0 Å². The Morgan fingerprint density at radius 1 is 0.591 bits per heavy atom. The summed E-state index contributed by atoms with van der Waals surface area (Å²) in [5.41, 5.74) is 1.83. The largest absolute Gasteiger partial charge is 0.508 e. The Bertz CT molecular complexity index is 1170. The van der Waals surface area contributed by atoms with Gasteiger partial charge in [0.15, 0.2) is 0 Å². The molecule has 2 saturated heterocycles. The van der Waals surface area contributed by atoms with Gasteiger partial charge in [0, 0.05) is 89.5 Å². The Balaban J connectivity index is 1.34. The van der Waals surface area contributed by atoms with Crippen LogP contribution >= 0.6 is 0 Å². The molecule has 2 N–H and O–H groups in total. The van der Waals surface area contributed by atoms with E-state index in [-0.39, 0.29) is 6.10 Å². The van der Waals surface area contributed by atoms with Crippen molar-refractivity contribution in [2.75, 3.05) is 105 Å². The summed E-state index contributed by atoms with van der Waals surface area (Å²) in [7, 11) is 0. The van der Waals surface area contributed by atoms with Crippen LogP contribution in [0.4, 0.5) is 0 Å². The molecular weight excluding hydrogens is 560 g/mol. The van der Waals surface area contributed by atoms with Crippen LogP contribution in [0.25, 0.3) is 0 Å². The van der Waals surface area contributed by atoms with Gasteiger partial charge in [-0.3, -0.25) is 19.6 Å². The molecule has 10 nitrogen and oxygen atoms in total. The first-order chi connectivity index (χ1) is 21.6. The fourth-order valence-electron chi connectivity index (χ4n) is 5.95. The molecule has 0 saturated carbocycles. The lowest BCUT2D eigenvalue weighted by Gasteiger charge is -2.31. The van der Waals surface area contributed by atoms with E-state index in [1.165, 1.54) is 0 Å². The molecule has 2 aromatic rings. The third kappa shape index (κ3) is 10.7. The molecule has 0 aliphatic carbocycles. The maximum absolute atomic E-state index is 10.5. The molecule has 3 aliphatic heterocycles. The summed E-state index contributed by atoms with van der Waals surface area (Å²) >= 11 is 0. The highest BCUT2D eigenvalue weighted by atomic mass is 16.5. The van der Waals surface area contributed by atoms with Crippen LogP contribution in [0.2, 0.25) is 0 Å². The molecule has 4 bridgehead atoms. The lowest BCUT2D eigenvalue weighted by atomic mass is 10.1. The Kier molecular flexibility index (Phi) is 13.1. The number of ether oxygens (including phenoxy) is 4. The van der Waals surface area contributed by atoms with E-state index in [1.807, 2.05) is 36.4 Å². The molecule has 2 aromatic carbocycles. The van der Waals surface area contributed by atoms with Gasteiger partial charge in [0.2, 0.25) is 0 Å². The van der Waals surface area contributed by atoms with Crippen molar-refractivity contribution in [2.24, 2.45) is 0 Å². The number of benzene rings is 2. The van der Waals surface area contributed by atoms with E-state index in [2.05, 4.69) is 25.7 Å². The second-order valence-electron chi connectivity index (χ2n) is 11.9. The molecule has 0 radical (unpaired) electrons. The summed E-state index contributed by atoms with van der Waals surface area (Å²) in [6, 6.07) is 15.2. The summed E-state index contributed by atoms with van der Waals surface area (Å²) in [5.74, 6) is 1.63. The summed E-state index contributed by atoms with van der Waals surface area (Å²) in [5, 5.41) is 21.1. The van der Waals surface area contributed by atoms with Gasteiger partial charge in [0.1, 0.15) is 23.4 Å². The fourth-order valence-corrected chi connectivity index (χ4v) is 5.95. The molecule has 2 fully saturated rings. The van der Waals surface area contributed by atoms with Crippen molar-refractivity contribution in [3.8, 4) is 11.5 Å². The Labute approximate surface area is 262 Å². The molecule has 3 unspecified atom stereocenters. The van der Waals surface area contributed by atoms with Crippen molar-refractivity contribution in [1.82, 2.24) is 19.6 Å². The van der Waals surface area contributed by atoms with Crippen molar-refractivity contribution < 1.29 is 29.2 Å². The molecule has 242 valence electrons.